The highest BCUT2D eigenvalue weighted by atomic mass is 32.1. The molecule has 3 rings (SSSR count). The molecule has 25 heavy (non-hydrogen) atoms. The van der Waals surface area contributed by atoms with Gasteiger partial charge in [-0.1, -0.05) is 13.3 Å². The van der Waals surface area contributed by atoms with Crippen molar-refractivity contribution in [3.63, 3.8) is 0 Å². The second kappa shape index (κ2) is 7.65. The highest BCUT2D eigenvalue weighted by molar-refractivity contribution is 7.07. The van der Waals surface area contributed by atoms with E-state index in [0.29, 0.717) is 18.0 Å². The van der Waals surface area contributed by atoms with Crippen molar-refractivity contribution >= 4 is 28.8 Å². The van der Waals surface area contributed by atoms with E-state index in [2.05, 4.69) is 11.9 Å². The number of nitrogens with zero attached hydrogens (tertiary/aromatic N) is 3. The van der Waals surface area contributed by atoms with Crippen molar-refractivity contribution < 1.29 is 14.3 Å². The molecule has 0 unspecified atom stereocenters. The summed E-state index contributed by atoms with van der Waals surface area (Å²) in [6.45, 7) is 2.75. The average molecular weight is 359 g/mol. The quantitative estimate of drug-likeness (QED) is 0.796. The van der Waals surface area contributed by atoms with Crippen LogP contribution >= 0.6 is 11.3 Å². The number of benzene rings is 1. The van der Waals surface area contributed by atoms with Gasteiger partial charge in [-0.3, -0.25) is 14.5 Å². The third-order valence-electron chi connectivity index (χ3n) is 4.20. The molecule has 1 aliphatic heterocycles. The molecule has 0 bridgehead atoms. The second-order valence-corrected chi connectivity index (χ2v) is 6.71. The molecule has 2 aromatic rings. The summed E-state index contributed by atoms with van der Waals surface area (Å²) in [7, 11) is 1.77. The van der Waals surface area contributed by atoms with E-state index in [-0.39, 0.29) is 25.0 Å². The number of rotatable bonds is 6. The largest absolute Gasteiger partial charge is 0.482 e. The standard InChI is InChI=1S/C18H21N3O3S/c1-3-4-7-20(2)17(22)9-21-15-8-13(14-11-25-12-19-14)5-6-16(15)24-10-18(21)23/h5-6,8,11-12H,3-4,7,9-10H2,1-2H3. The van der Waals surface area contributed by atoms with Crippen LogP contribution in [0.1, 0.15) is 19.8 Å². The Labute approximate surface area is 151 Å². The predicted octanol–water partition coefficient (Wildman–Crippen LogP) is 2.79. The van der Waals surface area contributed by atoms with Gasteiger partial charge in [0.25, 0.3) is 5.91 Å². The number of anilines is 1. The van der Waals surface area contributed by atoms with Crippen LogP contribution < -0.4 is 9.64 Å². The first-order valence-electron chi connectivity index (χ1n) is 8.30. The third kappa shape index (κ3) is 3.82. The van der Waals surface area contributed by atoms with E-state index in [1.165, 1.54) is 16.2 Å². The summed E-state index contributed by atoms with van der Waals surface area (Å²) in [6.07, 6.45) is 1.97. The number of ether oxygens (including phenoxy) is 1. The fourth-order valence-corrected chi connectivity index (χ4v) is 3.23. The predicted molar refractivity (Wildman–Crippen MR) is 97.9 cm³/mol. The van der Waals surface area contributed by atoms with E-state index in [1.807, 2.05) is 23.6 Å². The van der Waals surface area contributed by atoms with Gasteiger partial charge in [-0.2, -0.15) is 0 Å². The highest BCUT2D eigenvalue weighted by Gasteiger charge is 2.28. The summed E-state index contributed by atoms with van der Waals surface area (Å²) in [4.78, 5) is 32.3. The Morgan fingerprint density at radius 2 is 2.28 bits per heavy atom. The van der Waals surface area contributed by atoms with E-state index in [0.717, 1.165) is 24.1 Å². The van der Waals surface area contributed by atoms with Gasteiger partial charge in [-0.05, 0) is 24.6 Å². The molecule has 7 heteroatoms. The molecule has 1 aromatic carbocycles. The molecular weight excluding hydrogens is 338 g/mol. The highest BCUT2D eigenvalue weighted by Crippen LogP contribution is 2.35. The van der Waals surface area contributed by atoms with E-state index >= 15 is 0 Å². The van der Waals surface area contributed by atoms with Gasteiger partial charge in [0.05, 0.1) is 16.9 Å². The topological polar surface area (TPSA) is 62.7 Å². The molecule has 2 amide bonds. The Morgan fingerprint density at radius 3 is 3.00 bits per heavy atom. The Bertz CT molecular complexity index is 761. The SMILES string of the molecule is CCCCN(C)C(=O)CN1C(=O)COc2ccc(-c3cscn3)cc21. The number of amides is 2. The van der Waals surface area contributed by atoms with Crippen LogP contribution in [0.5, 0.6) is 5.75 Å². The van der Waals surface area contributed by atoms with Crippen LogP contribution in [0.15, 0.2) is 29.1 Å². The number of fused-ring (bicyclic) bond motifs is 1. The molecule has 2 heterocycles. The van der Waals surface area contributed by atoms with E-state index in [1.54, 1.807) is 17.5 Å². The minimum Gasteiger partial charge on any atom is -0.482 e. The van der Waals surface area contributed by atoms with Crippen LogP contribution in [0.4, 0.5) is 5.69 Å². The Morgan fingerprint density at radius 1 is 1.44 bits per heavy atom. The number of thiazole rings is 1. The molecule has 0 aliphatic carbocycles. The van der Waals surface area contributed by atoms with Crippen molar-refractivity contribution in [1.29, 1.82) is 0 Å². The zero-order valence-corrected chi connectivity index (χ0v) is 15.2. The molecule has 1 aromatic heterocycles. The van der Waals surface area contributed by atoms with Crippen molar-refractivity contribution in [2.24, 2.45) is 0 Å². The number of carbonyl (C=O) groups is 2. The zero-order chi connectivity index (χ0) is 17.8. The Hall–Kier alpha value is -2.41. The first-order chi connectivity index (χ1) is 12.1. The van der Waals surface area contributed by atoms with Gasteiger partial charge < -0.3 is 9.64 Å². The van der Waals surface area contributed by atoms with Gasteiger partial charge in [0, 0.05) is 24.5 Å². The molecular formula is C18H21N3O3S. The molecule has 0 saturated heterocycles. The van der Waals surface area contributed by atoms with Crippen LogP contribution in [0, 0.1) is 0 Å². The van der Waals surface area contributed by atoms with Crippen molar-refractivity contribution in [2.75, 3.05) is 31.6 Å². The zero-order valence-electron chi connectivity index (χ0n) is 14.4. The second-order valence-electron chi connectivity index (χ2n) is 5.99. The van der Waals surface area contributed by atoms with Gasteiger partial charge >= 0.3 is 0 Å². The minimum absolute atomic E-state index is 0.0237. The number of hydrogen-bond acceptors (Lipinski definition) is 5. The lowest BCUT2D eigenvalue weighted by atomic mass is 10.1. The summed E-state index contributed by atoms with van der Waals surface area (Å²) in [5.41, 5.74) is 4.13. The van der Waals surface area contributed by atoms with Crippen LogP contribution in [0.25, 0.3) is 11.3 Å². The Balaban J connectivity index is 1.84. The Kier molecular flexibility index (Phi) is 5.33. The summed E-state index contributed by atoms with van der Waals surface area (Å²) < 4.78 is 5.51. The molecule has 0 saturated carbocycles. The fraction of sp³-hybridized carbons (Fsp3) is 0.389. The molecule has 1 aliphatic rings. The van der Waals surface area contributed by atoms with Crippen LogP contribution in [-0.2, 0) is 9.59 Å². The summed E-state index contributed by atoms with van der Waals surface area (Å²) in [5.74, 6) is 0.330. The van der Waals surface area contributed by atoms with Gasteiger partial charge in [-0.25, -0.2) is 4.98 Å². The maximum Gasteiger partial charge on any atom is 0.265 e. The van der Waals surface area contributed by atoms with Gasteiger partial charge in [0.15, 0.2) is 6.61 Å². The van der Waals surface area contributed by atoms with Crippen molar-refractivity contribution in [3.8, 4) is 17.0 Å². The van der Waals surface area contributed by atoms with Crippen molar-refractivity contribution in [3.05, 3.63) is 29.1 Å². The van der Waals surface area contributed by atoms with E-state index in [4.69, 9.17) is 4.74 Å². The van der Waals surface area contributed by atoms with E-state index < -0.39 is 0 Å². The molecule has 0 fully saturated rings. The number of hydrogen-bond donors (Lipinski definition) is 0. The number of aromatic nitrogens is 1. The van der Waals surface area contributed by atoms with Crippen LogP contribution in [0.2, 0.25) is 0 Å². The monoisotopic (exact) mass is 359 g/mol. The van der Waals surface area contributed by atoms with E-state index in [9.17, 15) is 9.59 Å². The molecule has 0 radical (unpaired) electrons. The van der Waals surface area contributed by atoms with Crippen LogP contribution in [0.3, 0.4) is 0 Å². The molecule has 6 nitrogen and oxygen atoms in total. The van der Waals surface area contributed by atoms with Gasteiger partial charge in [0.1, 0.15) is 12.3 Å². The number of unbranched alkanes of at least 4 members (excludes halogenated alkanes) is 1. The summed E-state index contributed by atoms with van der Waals surface area (Å²) >= 11 is 1.51. The van der Waals surface area contributed by atoms with Crippen LogP contribution in [-0.4, -0.2) is 48.4 Å². The first-order valence-corrected chi connectivity index (χ1v) is 9.24. The summed E-state index contributed by atoms with van der Waals surface area (Å²) in [6, 6.07) is 5.60. The number of carbonyl (C=O) groups excluding carboxylic acids is 2. The minimum atomic E-state index is -0.208. The lowest BCUT2D eigenvalue weighted by molar-refractivity contribution is -0.131. The van der Waals surface area contributed by atoms with Gasteiger partial charge in [0.2, 0.25) is 5.91 Å². The third-order valence-corrected chi connectivity index (χ3v) is 4.78. The summed E-state index contributed by atoms with van der Waals surface area (Å²) in [5, 5.41) is 1.95. The average Bonchev–Trinajstić information content (AvgIpc) is 3.16. The normalized spacial score (nSPS) is 13.4. The maximum atomic E-state index is 12.5. The molecule has 0 N–H and O–H groups in total. The maximum absolute atomic E-state index is 12.5. The molecule has 0 atom stereocenters. The lowest BCUT2D eigenvalue weighted by Gasteiger charge is -2.30. The fourth-order valence-electron chi connectivity index (χ4n) is 2.67. The number of likely N-dealkylation sites (N-methyl/N-ethyl adjacent to an activating group) is 1. The van der Waals surface area contributed by atoms with Gasteiger partial charge in [-0.15, -0.1) is 11.3 Å². The molecule has 0 spiro atoms. The van der Waals surface area contributed by atoms with Crippen molar-refractivity contribution in [1.82, 2.24) is 9.88 Å². The first kappa shape index (κ1) is 17.4. The van der Waals surface area contributed by atoms with Crippen molar-refractivity contribution in [2.45, 2.75) is 19.8 Å². The smallest absolute Gasteiger partial charge is 0.265 e. The molecule has 132 valence electrons. The lowest BCUT2D eigenvalue weighted by Crippen LogP contribution is -2.45.